The molecule has 0 fully saturated rings. The second-order valence-electron chi connectivity index (χ2n) is 7.38. The summed E-state index contributed by atoms with van der Waals surface area (Å²) in [6.07, 6.45) is 0.762. The van der Waals surface area contributed by atoms with Crippen LogP contribution in [0.15, 0.2) is 53.5 Å². The number of nitrogens with zero attached hydrogens (tertiary/aromatic N) is 2. The maximum atomic E-state index is 11.8. The van der Waals surface area contributed by atoms with Crippen LogP contribution in [0.3, 0.4) is 0 Å². The summed E-state index contributed by atoms with van der Waals surface area (Å²) in [6.45, 7) is 3.91. The first-order valence-corrected chi connectivity index (χ1v) is 10.7. The van der Waals surface area contributed by atoms with Gasteiger partial charge in [-0.1, -0.05) is 24.3 Å². The van der Waals surface area contributed by atoms with E-state index in [-0.39, 0.29) is 42.4 Å². The number of likely N-dealkylation sites (N-methyl/N-ethyl adjacent to an activating group) is 1. The summed E-state index contributed by atoms with van der Waals surface area (Å²) in [5, 5.41) is 9.21. The first-order chi connectivity index (χ1) is 15.4. The molecule has 2 aromatic carbocycles. The van der Waals surface area contributed by atoms with Crippen molar-refractivity contribution in [3.8, 4) is 5.75 Å². The van der Waals surface area contributed by atoms with E-state index >= 15 is 0 Å². The largest absolute Gasteiger partial charge is 0.484 e. The molecule has 0 aliphatic carbocycles. The Morgan fingerprint density at radius 2 is 1.76 bits per heavy atom. The molecule has 0 saturated heterocycles. The van der Waals surface area contributed by atoms with Crippen LogP contribution in [0, 0.1) is 0 Å². The fraction of sp³-hybridized carbons (Fsp3) is 0.375. The molecule has 8 nitrogen and oxygen atoms in total. The number of halogens is 1. The van der Waals surface area contributed by atoms with E-state index in [9.17, 15) is 9.59 Å². The molecule has 0 bridgehead atoms. The lowest BCUT2D eigenvalue weighted by Crippen LogP contribution is -2.38. The average molecular weight is 567 g/mol. The summed E-state index contributed by atoms with van der Waals surface area (Å²) in [7, 11) is 5.02. The van der Waals surface area contributed by atoms with Crippen LogP contribution in [0.4, 0.5) is 0 Å². The van der Waals surface area contributed by atoms with Gasteiger partial charge in [-0.15, -0.1) is 24.0 Å². The Hall–Kier alpha value is -2.82. The zero-order chi connectivity index (χ0) is 23.3. The lowest BCUT2D eigenvalue weighted by Gasteiger charge is -2.13. The smallest absolute Gasteiger partial charge is 0.259 e. The van der Waals surface area contributed by atoms with Crippen molar-refractivity contribution in [3.63, 3.8) is 0 Å². The molecule has 9 heteroatoms. The molecule has 3 N–H and O–H groups in total. The topological polar surface area (TPSA) is 95.1 Å². The lowest BCUT2D eigenvalue weighted by molar-refractivity contribution is -0.130. The van der Waals surface area contributed by atoms with Crippen LogP contribution >= 0.6 is 24.0 Å². The number of carbonyl (C=O) groups excluding carboxylic acids is 2. The van der Waals surface area contributed by atoms with Crippen molar-refractivity contribution in [1.29, 1.82) is 0 Å². The van der Waals surface area contributed by atoms with Gasteiger partial charge >= 0.3 is 0 Å². The minimum atomic E-state index is -0.0907. The summed E-state index contributed by atoms with van der Waals surface area (Å²) >= 11 is 0. The molecule has 0 aliphatic rings. The van der Waals surface area contributed by atoms with Crippen molar-refractivity contribution in [2.75, 3.05) is 40.8 Å². The summed E-state index contributed by atoms with van der Waals surface area (Å²) in [5.41, 5.74) is 2.71. The van der Waals surface area contributed by atoms with Crippen LogP contribution in [-0.4, -0.2) is 63.5 Å². The van der Waals surface area contributed by atoms with E-state index in [0.29, 0.717) is 30.4 Å². The number of rotatable bonds is 10. The third-order valence-corrected chi connectivity index (χ3v) is 4.65. The second-order valence-corrected chi connectivity index (χ2v) is 7.38. The Morgan fingerprint density at radius 1 is 1.03 bits per heavy atom. The van der Waals surface area contributed by atoms with Crippen molar-refractivity contribution in [1.82, 2.24) is 20.9 Å². The zero-order valence-electron chi connectivity index (χ0n) is 19.7. The molecule has 0 aliphatic heterocycles. The van der Waals surface area contributed by atoms with E-state index in [2.05, 4.69) is 20.9 Å². The highest BCUT2D eigenvalue weighted by molar-refractivity contribution is 14.0. The molecule has 180 valence electrons. The minimum absolute atomic E-state index is 0. The highest BCUT2D eigenvalue weighted by Crippen LogP contribution is 2.14. The summed E-state index contributed by atoms with van der Waals surface area (Å²) in [5.74, 6) is 1.17. The summed E-state index contributed by atoms with van der Waals surface area (Å²) in [6, 6.07) is 15.2. The summed E-state index contributed by atoms with van der Waals surface area (Å²) in [4.78, 5) is 29.6. The third kappa shape index (κ3) is 10.1. The van der Waals surface area contributed by atoms with Crippen molar-refractivity contribution in [2.45, 2.75) is 19.9 Å². The highest BCUT2D eigenvalue weighted by Gasteiger charge is 2.06. The number of nitrogens with one attached hydrogen (secondary N) is 3. The Bertz CT molecular complexity index is 934. The molecule has 0 saturated carbocycles. The Morgan fingerprint density at radius 3 is 2.45 bits per heavy atom. The molecule has 2 amide bonds. The molecule has 0 radical (unpaired) electrons. The normalized spacial score (nSPS) is 10.6. The maximum absolute atomic E-state index is 11.8. The summed E-state index contributed by atoms with van der Waals surface area (Å²) < 4.78 is 5.57. The van der Waals surface area contributed by atoms with Gasteiger partial charge in [0.2, 0.25) is 0 Å². The Kier molecular flexibility index (Phi) is 12.9. The highest BCUT2D eigenvalue weighted by atomic mass is 127. The van der Waals surface area contributed by atoms with E-state index in [1.807, 2.05) is 49.4 Å². The standard InChI is InChI=1S/C24H33N5O3.HI/c1-5-26-24(27-13-12-18-8-6-10-20(14-18)23(31)25-2)28-16-19-9-7-11-21(15-19)32-17-22(30)29(3)4;/h6-11,14-15H,5,12-13,16-17H2,1-4H3,(H,25,31)(H2,26,27,28);1H. The number of guanidine groups is 1. The van der Waals surface area contributed by atoms with Crippen molar-refractivity contribution >= 4 is 41.8 Å². The molecule has 2 rings (SSSR count). The fourth-order valence-corrected chi connectivity index (χ4v) is 2.86. The number of ether oxygens (including phenoxy) is 1. The van der Waals surface area contributed by atoms with E-state index < -0.39 is 0 Å². The molecule has 2 aromatic rings. The number of benzene rings is 2. The van der Waals surface area contributed by atoms with Crippen molar-refractivity contribution in [3.05, 3.63) is 65.2 Å². The van der Waals surface area contributed by atoms with Crippen LogP contribution in [0.25, 0.3) is 0 Å². The predicted molar refractivity (Wildman–Crippen MR) is 142 cm³/mol. The van der Waals surface area contributed by atoms with Gasteiger partial charge in [0.15, 0.2) is 12.6 Å². The SMILES string of the molecule is CCNC(=NCc1cccc(OCC(=O)N(C)C)c1)NCCc1cccc(C(=O)NC)c1.I. The van der Waals surface area contributed by atoms with Gasteiger partial charge in [0.25, 0.3) is 11.8 Å². The lowest BCUT2D eigenvalue weighted by atomic mass is 10.1. The van der Waals surface area contributed by atoms with Gasteiger partial charge in [-0.3, -0.25) is 9.59 Å². The van der Waals surface area contributed by atoms with E-state index in [1.54, 1.807) is 27.2 Å². The van der Waals surface area contributed by atoms with Gasteiger partial charge in [0.05, 0.1) is 6.54 Å². The van der Waals surface area contributed by atoms with E-state index in [4.69, 9.17) is 4.74 Å². The number of carbonyl (C=O) groups is 2. The fourth-order valence-electron chi connectivity index (χ4n) is 2.86. The number of aliphatic imine (C=N–C) groups is 1. The monoisotopic (exact) mass is 567 g/mol. The number of amides is 2. The van der Waals surface area contributed by atoms with Gasteiger partial charge < -0.3 is 25.6 Å². The third-order valence-electron chi connectivity index (χ3n) is 4.65. The van der Waals surface area contributed by atoms with Crippen LogP contribution in [0.1, 0.15) is 28.4 Å². The molecular formula is C24H34IN5O3. The molecular weight excluding hydrogens is 533 g/mol. The van der Waals surface area contributed by atoms with Crippen LogP contribution in [-0.2, 0) is 17.8 Å². The van der Waals surface area contributed by atoms with Crippen molar-refractivity contribution in [2.24, 2.45) is 4.99 Å². The molecule has 0 heterocycles. The van der Waals surface area contributed by atoms with Crippen LogP contribution < -0.4 is 20.7 Å². The molecule has 0 atom stereocenters. The molecule has 33 heavy (non-hydrogen) atoms. The molecule has 0 aromatic heterocycles. The van der Waals surface area contributed by atoms with Gasteiger partial charge in [-0.2, -0.15) is 0 Å². The molecule has 0 spiro atoms. The minimum Gasteiger partial charge on any atom is -0.484 e. The Labute approximate surface area is 213 Å². The number of hydrogen-bond acceptors (Lipinski definition) is 4. The predicted octanol–water partition coefficient (Wildman–Crippen LogP) is 2.43. The van der Waals surface area contributed by atoms with E-state index in [1.165, 1.54) is 4.90 Å². The Balaban J connectivity index is 0.00000544. The first-order valence-electron chi connectivity index (χ1n) is 10.7. The van der Waals surface area contributed by atoms with Gasteiger partial charge in [-0.25, -0.2) is 4.99 Å². The second kappa shape index (κ2) is 15.1. The van der Waals surface area contributed by atoms with Crippen LogP contribution in [0.2, 0.25) is 0 Å². The zero-order valence-corrected chi connectivity index (χ0v) is 22.0. The first kappa shape index (κ1) is 28.2. The van der Waals surface area contributed by atoms with Crippen LogP contribution in [0.5, 0.6) is 5.75 Å². The molecule has 0 unspecified atom stereocenters. The van der Waals surface area contributed by atoms with Gasteiger partial charge in [-0.05, 0) is 48.7 Å². The quantitative estimate of drug-likeness (QED) is 0.233. The van der Waals surface area contributed by atoms with Gasteiger partial charge in [0, 0.05) is 39.8 Å². The van der Waals surface area contributed by atoms with Crippen molar-refractivity contribution < 1.29 is 14.3 Å². The number of hydrogen-bond donors (Lipinski definition) is 3. The average Bonchev–Trinajstić information content (AvgIpc) is 2.80. The van der Waals surface area contributed by atoms with Gasteiger partial charge in [0.1, 0.15) is 5.75 Å². The maximum Gasteiger partial charge on any atom is 0.259 e. The van der Waals surface area contributed by atoms with E-state index in [0.717, 1.165) is 24.1 Å².